The molecular weight excluding hydrogens is 504 g/mol. The number of anilines is 1. The number of nitrogens with zero attached hydrogens (tertiary/aromatic N) is 3. The Kier molecular flexibility index (Phi) is 9.43. The lowest BCUT2D eigenvalue weighted by atomic mass is 10.2. The third-order valence-electron chi connectivity index (χ3n) is 5.88. The SMILES string of the molecule is CCCN1CCc2nc(NC(=O)c3ccc(S(=O)(=O)N(CC)Cc4ccccc4)cc3)sc2C1.Cl. The van der Waals surface area contributed by atoms with Crippen molar-refractivity contribution < 1.29 is 13.2 Å². The summed E-state index contributed by atoms with van der Waals surface area (Å²) in [4.78, 5) is 21.1. The zero-order valence-corrected chi connectivity index (χ0v) is 22.4. The van der Waals surface area contributed by atoms with E-state index in [0.29, 0.717) is 23.8 Å². The van der Waals surface area contributed by atoms with Gasteiger partial charge in [0.15, 0.2) is 5.13 Å². The van der Waals surface area contributed by atoms with Crippen LogP contribution in [0.4, 0.5) is 5.13 Å². The number of carbonyl (C=O) groups excluding carboxylic acids is 1. The van der Waals surface area contributed by atoms with Crippen molar-refractivity contribution in [1.29, 1.82) is 0 Å². The molecule has 0 saturated heterocycles. The molecule has 0 saturated carbocycles. The van der Waals surface area contributed by atoms with Crippen LogP contribution in [0.25, 0.3) is 0 Å². The lowest BCUT2D eigenvalue weighted by Crippen LogP contribution is -2.30. The van der Waals surface area contributed by atoms with E-state index in [1.165, 1.54) is 32.7 Å². The molecule has 1 amide bonds. The lowest BCUT2D eigenvalue weighted by molar-refractivity contribution is 0.102. The minimum Gasteiger partial charge on any atom is -0.298 e. The van der Waals surface area contributed by atoms with Gasteiger partial charge in [-0.3, -0.25) is 15.0 Å². The molecule has 0 spiro atoms. The van der Waals surface area contributed by atoms with Gasteiger partial charge in [0.25, 0.3) is 5.91 Å². The minimum absolute atomic E-state index is 0. The van der Waals surface area contributed by atoms with Crippen LogP contribution in [0.1, 0.15) is 46.8 Å². The summed E-state index contributed by atoms with van der Waals surface area (Å²) in [6, 6.07) is 15.6. The predicted molar refractivity (Wildman–Crippen MR) is 143 cm³/mol. The van der Waals surface area contributed by atoms with E-state index >= 15 is 0 Å². The second-order valence-corrected chi connectivity index (χ2v) is 11.3. The summed E-state index contributed by atoms with van der Waals surface area (Å²) in [5, 5.41) is 3.47. The molecule has 0 aliphatic carbocycles. The maximum absolute atomic E-state index is 13.1. The molecule has 1 aliphatic rings. The number of amides is 1. The Morgan fingerprint density at radius 2 is 1.83 bits per heavy atom. The molecule has 10 heteroatoms. The van der Waals surface area contributed by atoms with Crippen LogP contribution in [0.15, 0.2) is 59.5 Å². The maximum Gasteiger partial charge on any atom is 0.257 e. The summed E-state index contributed by atoms with van der Waals surface area (Å²) < 4.78 is 27.7. The Bertz CT molecular complexity index is 1230. The molecule has 2 heterocycles. The fourth-order valence-electron chi connectivity index (χ4n) is 4.06. The highest BCUT2D eigenvalue weighted by Crippen LogP contribution is 2.29. The third kappa shape index (κ3) is 6.48. The number of aromatic nitrogens is 1. The summed E-state index contributed by atoms with van der Waals surface area (Å²) in [5.74, 6) is -0.294. The van der Waals surface area contributed by atoms with Gasteiger partial charge in [0.2, 0.25) is 10.0 Å². The maximum atomic E-state index is 13.1. The number of sulfonamides is 1. The number of halogens is 1. The number of fused-ring (bicyclic) bond motifs is 1. The highest BCUT2D eigenvalue weighted by Gasteiger charge is 2.24. The van der Waals surface area contributed by atoms with Crippen molar-refractivity contribution in [1.82, 2.24) is 14.2 Å². The summed E-state index contributed by atoms with van der Waals surface area (Å²) in [6.07, 6.45) is 2.01. The first-order chi connectivity index (χ1) is 16.4. The van der Waals surface area contributed by atoms with Gasteiger partial charge in [0.05, 0.1) is 10.6 Å². The molecular formula is C25H31ClN4O3S2. The van der Waals surface area contributed by atoms with E-state index in [4.69, 9.17) is 0 Å². The Morgan fingerprint density at radius 1 is 1.11 bits per heavy atom. The van der Waals surface area contributed by atoms with Crippen molar-refractivity contribution in [3.05, 3.63) is 76.3 Å². The molecule has 1 aliphatic heterocycles. The van der Waals surface area contributed by atoms with Crippen LogP contribution in [0, 0.1) is 0 Å². The van der Waals surface area contributed by atoms with Gasteiger partial charge in [0, 0.05) is 43.0 Å². The molecule has 2 aromatic carbocycles. The molecule has 4 rings (SSSR count). The number of rotatable bonds is 9. The Morgan fingerprint density at radius 3 is 2.49 bits per heavy atom. The van der Waals surface area contributed by atoms with Gasteiger partial charge in [-0.1, -0.05) is 44.2 Å². The largest absolute Gasteiger partial charge is 0.298 e. The molecule has 7 nitrogen and oxygen atoms in total. The van der Waals surface area contributed by atoms with Crippen molar-refractivity contribution in [2.45, 2.75) is 44.7 Å². The first-order valence-electron chi connectivity index (χ1n) is 11.6. The average Bonchev–Trinajstić information content (AvgIpc) is 3.25. The normalized spacial score (nSPS) is 13.8. The molecule has 1 aromatic heterocycles. The number of hydrogen-bond donors (Lipinski definition) is 1. The number of carbonyl (C=O) groups is 1. The quantitative estimate of drug-likeness (QED) is 0.426. The van der Waals surface area contributed by atoms with Crippen molar-refractivity contribution in [2.75, 3.05) is 25.0 Å². The Labute approximate surface area is 217 Å². The average molecular weight is 535 g/mol. The zero-order chi connectivity index (χ0) is 24.1. The highest BCUT2D eigenvalue weighted by molar-refractivity contribution is 7.89. The van der Waals surface area contributed by atoms with Crippen molar-refractivity contribution in [3.8, 4) is 0 Å². The van der Waals surface area contributed by atoms with Crippen LogP contribution in [-0.2, 0) is 29.5 Å². The molecule has 0 fully saturated rings. The van der Waals surface area contributed by atoms with E-state index in [1.807, 2.05) is 37.3 Å². The summed E-state index contributed by atoms with van der Waals surface area (Å²) >= 11 is 1.52. The fraction of sp³-hybridized carbons (Fsp3) is 0.360. The lowest BCUT2D eigenvalue weighted by Gasteiger charge is -2.24. The summed E-state index contributed by atoms with van der Waals surface area (Å²) in [6.45, 7) is 7.57. The molecule has 0 radical (unpaired) electrons. The second kappa shape index (κ2) is 12.1. The second-order valence-electron chi connectivity index (χ2n) is 8.31. The standard InChI is InChI=1S/C25H30N4O3S2.ClH/c1-3-15-28-16-14-22-23(18-28)33-25(26-22)27-24(30)20-10-12-21(13-11-20)34(31,32)29(4-2)17-19-8-6-5-7-9-19;/h5-13H,3-4,14-18H2,1-2H3,(H,26,27,30);1H. The molecule has 0 atom stereocenters. The number of thiazole rings is 1. The number of benzene rings is 2. The molecule has 0 bridgehead atoms. The van der Waals surface area contributed by atoms with Crippen LogP contribution in [0.5, 0.6) is 0 Å². The Balaban J connectivity index is 0.00000342. The molecule has 35 heavy (non-hydrogen) atoms. The molecule has 0 unspecified atom stereocenters. The van der Waals surface area contributed by atoms with Crippen LogP contribution in [0.2, 0.25) is 0 Å². The van der Waals surface area contributed by atoms with Crippen LogP contribution in [0.3, 0.4) is 0 Å². The zero-order valence-electron chi connectivity index (χ0n) is 19.9. The van der Waals surface area contributed by atoms with E-state index in [1.54, 1.807) is 12.1 Å². The van der Waals surface area contributed by atoms with Crippen LogP contribution in [-0.4, -0.2) is 48.1 Å². The first kappa shape index (κ1) is 27.3. The topological polar surface area (TPSA) is 82.6 Å². The fourth-order valence-corrected chi connectivity index (χ4v) is 6.54. The van der Waals surface area contributed by atoms with E-state index in [-0.39, 0.29) is 23.2 Å². The van der Waals surface area contributed by atoms with Crippen molar-refractivity contribution >= 4 is 44.8 Å². The minimum atomic E-state index is -3.68. The van der Waals surface area contributed by atoms with Gasteiger partial charge in [-0.25, -0.2) is 13.4 Å². The molecule has 1 N–H and O–H groups in total. The van der Waals surface area contributed by atoms with Gasteiger partial charge in [-0.05, 0) is 42.8 Å². The molecule has 3 aromatic rings. The Hall–Kier alpha value is -2.30. The highest BCUT2D eigenvalue weighted by atomic mass is 35.5. The monoisotopic (exact) mass is 534 g/mol. The van der Waals surface area contributed by atoms with Gasteiger partial charge in [0.1, 0.15) is 0 Å². The van der Waals surface area contributed by atoms with E-state index in [2.05, 4.69) is 22.1 Å². The smallest absolute Gasteiger partial charge is 0.257 e. The van der Waals surface area contributed by atoms with Gasteiger partial charge >= 0.3 is 0 Å². The summed E-state index contributed by atoms with van der Waals surface area (Å²) in [7, 11) is -3.68. The number of nitrogens with one attached hydrogen (secondary N) is 1. The van der Waals surface area contributed by atoms with Crippen molar-refractivity contribution in [2.24, 2.45) is 0 Å². The molecule has 188 valence electrons. The predicted octanol–water partition coefficient (Wildman–Crippen LogP) is 4.80. The van der Waals surface area contributed by atoms with Gasteiger partial charge in [-0.2, -0.15) is 4.31 Å². The van der Waals surface area contributed by atoms with E-state index < -0.39 is 10.0 Å². The van der Waals surface area contributed by atoms with Gasteiger partial charge in [-0.15, -0.1) is 23.7 Å². The summed E-state index contributed by atoms with van der Waals surface area (Å²) in [5.41, 5.74) is 2.38. The van der Waals surface area contributed by atoms with E-state index in [9.17, 15) is 13.2 Å². The third-order valence-corrected chi connectivity index (χ3v) is 8.81. The van der Waals surface area contributed by atoms with Crippen LogP contribution >= 0.6 is 23.7 Å². The van der Waals surface area contributed by atoms with E-state index in [0.717, 1.165) is 43.7 Å². The first-order valence-corrected chi connectivity index (χ1v) is 13.8. The van der Waals surface area contributed by atoms with Crippen LogP contribution < -0.4 is 5.32 Å². The van der Waals surface area contributed by atoms with Crippen molar-refractivity contribution in [3.63, 3.8) is 0 Å². The number of hydrogen-bond acceptors (Lipinski definition) is 6. The van der Waals surface area contributed by atoms with Gasteiger partial charge < -0.3 is 0 Å².